The van der Waals surface area contributed by atoms with Gasteiger partial charge in [-0.25, -0.2) is 9.18 Å². The number of anilines is 2. The first-order chi connectivity index (χ1) is 13.5. The first-order valence-electron chi connectivity index (χ1n) is 9.01. The van der Waals surface area contributed by atoms with E-state index in [1.54, 1.807) is 45.0 Å². The van der Waals surface area contributed by atoms with Crippen molar-refractivity contribution in [1.29, 1.82) is 0 Å². The Morgan fingerprint density at radius 3 is 2.21 bits per heavy atom. The predicted molar refractivity (Wildman–Crippen MR) is 108 cm³/mol. The van der Waals surface area contributed by atoms with E-state index in [9.17, 15) is 18.8 Å². The van der Waals surface area contributed by atoms with E-state index in [-0.39, 0.29) is 5.56 Å². The molecule has 1 atom stereocenters. The third-order valence-electron chi connectivity index (χ3n) is 3.60. The standard InChI is InChI=1S/C21H24FN3O4/c1-13(23-20(28)29-21(2,3)4)18(26)24-16-9-5-7-14(11-16)19(27)25-17-10-6-8-15(22)12-17/h5-13H,1-4H3,(H,23,28)(H,24,26)(H,25,27)/t13-/m1/s1. The lowest BCUT2D eigenvalue weighted by Crippen LogP contribution is -2.44. The third-order valence-corrected chi connectivity index (χ3v) is 3.60. The van der Waals surface area contributed by atoms with Gasteiger partial charge in [-0.1, -0.05) is 12.1 Å². The van der Waals surface area contributed by atoms with Crippen LogP contribution in [0.1, 0.15) is 38.1 Å². The van der Waals surface area contributed by atoms with Crippen LogP contribution in [0.4, 0.5) is 20.6 Å². The molecule has 3 N–H and O–H groups in total. The number of carbonyl (C=O) groups excluding carboxylic acids is 3. The van der Waals surface area contributed by atoms with Gasteiger partial charge < -0.3 is 20.7 Å². The van der Waals surface area contributed by atoms with Crippen LogP contribution in [0.5, 0.6) is 0 Å². The van der Waals surface area contributed by atoms with Crippen LogP contribution in [-0.4, -0.2) is 29.6 Å². The molecule has 29 heavy (non-hydrogen) atoms. The summed E-state index contributed by atoms with van der Waals surface area (Å²) < 4.78 is 18.4. The fourth-order valence-corrected chi connectivity index (χ4v) is 2.31. The van der Waals surface area contributed by atoms with Gasteiger partial charge in [0, 0.05) is 16.9 Å². The Kier molecular flexibility index (Phi) is 6.93. The van der Waals surface area contributed by atoms with Crippen molar-refractivity contribution in [1.82, 2.24) is 5.32 Å². The van der Waals surface area contributed by atoms with E-state index < -0.39 is 35.4 Å². The number of benzene rings is 2. The SMILES string of the molecule is C[C@@H](NC(=O)OC(C)(C)C)C(=O)Nc1cccc(C(=O)Nc2cccc(F)c2)c1. The number of nitrogens with one attached hydrogen (secondary N) is 3. The molecule has 2 aromatic carbocycles. The lowest BCUT2D eigenvalue weighted by Gasteiger charge is -2.21. The summed E-state index contributed by atoms with van der Waals surface area (Å²) in [6.45, 7) is 6.67. The Bertz CT molecular complexity index is 909. The second-order valence-electron chi connectivity index (χ2n) is 7.40. The highest BCUT2D eigenvalue weighted by Gasteiger charge is 2.21. The second-order valence-corrected chi connectivity index (χ2v) is 7.40. The van der Waals surface area contributed by atoms with E-state index in [1.807, 2.05) is 0 Å². The van der Waals surface area contributed by atoms with Gasteiger partial charge in [-0.05, 0) is 64.1 Å². The maximum atomic E-state index is 13.2. The van der Waals surface area contributed by atoms with Crippen LogP contribution in [-0.2, 0) is 9.53 Å². The normalized spacial score (nSPS) is 11.9. The van der Waals surface area contributed by atoms with Gasteiger partial charge in [-0.3, -0.25) is 9.59 Å². The van der Waals surface area contributed by atoms with Crippen molar-refractivity contribution in [3.8, 4) is 0 Å². The molecule has 0 aromatic heterocycles. The molecule has 0 fully saturated rings. The van der Waals surface area contributed by atoms with Gasteiger partial charge in [-0.15, -0.1) is 0 Å². The summed E-state index contributed by atoms with van der Waals surface area (Å²) in [5.41, 5.74) is 0.295. The number of hydrogen-bond acceptors (Lipinski definition) is 4. The lowest BCUT2D eigenvalue weighted by molar-refractivity contribution is -0.117. The Labute approximate surface area is 168 Å². The van der Waals surface area contributed by atoms with Gasteiger partial charge in [0.2, 0.25) is 5.91 Å². The van der Waals surface area contributed by atoms with Gasteiger partial charge in [0.15, 0.2) is 0 Å². The van der Waals surface area contributed by atoms with Gasteiger partial charge in [-0.2, -0.15) is 0 Å². The zero-order chi connectivity index (χ0) is 21.6. The largest absolute Gasteiger partial charge is 0.444 e. The number of hydrogen-bond donors (Lipinski definition) is 3. The topological polar surface area (TPSA) is 96.5 Å². The summed E-state index contributed by atoms with van der Waals surface area (Å²) in [4.78, 5) is 36.4. The molecule has 0 bridgehead atoms. The molecular weight excluding hydrogens is 377 g/mol. The summed E-state index contributed by atoms with van der Waals surface area (Å²) in [5, 5.41) is 7.66. The van der Waals surface area contributed by atoms with E-state index in [2.05, 4.69) is 16.0 Å². The number of ether oxygens (including phenoxy) is 1. The van der Waals surface area contributed by atoms with Crippen LogP contribution in [0, 0.1) is 5.82 Å². The molecule has 0 unspecified atom stereocenters. The molecule has 0 aliphatic carbocycles. The number of carbonyl (C=O) groups is 3. The lowest BCUT2D eigenvalue weighted by atomic mass is 10.1. The summed E-state index contributed by atoms with van der Waals surface area (Å²) in [6.07, 6.45) is -0.705. The molecule has 0 aliphatic rings. The highest BCUT2D eigenvalue weighted by Crippen LogP contribution is 2.15. The fraction of sp³-hybridized carbons (Fsp3) is 0.286. The van der Waals surface area contributed by atoms with Crippen LogP contribution in [0.15, 0.2) is 48.5 Å². The molecule has 2 aromatic rings. The van der Waals surface area contributed by atoms with Crippen molar-refractivity contribution < 1.29 is 23.5 Å². The molecule has 3 amide bonds. The van der Waals surface area contributed by atoms with Gasteiger partial charge in [0.1, 0.15) is 17.5 Å². The average molecular weight is 401 g/mol. The monoisotopic (exact) mass is 401 g/mol. The molecule has 2 rings (SSSR count). The second kappa shape index (κ2) is 9.18. The van der Waals surface area contributed by atoms with Crippen LogP contribution >= 0.6 is 0 Å². The average Bonchev–Trinajstić information content (AvgIpc) is 2.60. The Morgan fingerprint density at radius 1 is 0.966 bits per heavy atom. The molecule has 0 radical (unpaired) electrons. The maximum absolute atomic E-state index is 13.2. The summed E-state index contributed by atoms with van der Waals surface area (Å²) >= 11 is 0. The third kappa shape index (κ3) is 7.25. The molecular formula is C21H24FN3O4. The highest BCUT2D eigenvalue weighted by molar-refractivity contribution is 6.05. The molecule has 7 nitrogen and oxygen atoms in total. The molecule has 0 saturated heterocycles. The predicted octanol–water partition coefficient (Wildman–Crippen LogP) is 3.93. The van der Waals surface area contributed by atoms with Crippen LogP contribution in [0.25, 0.3) is 0 Å². The zero-order valence-corrected chi connectivity index (χ0v) is 16.7. The number of alkyl carbamates (subject to hydrolysis) is 1. The van der Waals surface area contributed by atoms with Crippen LogP contribution in [0.3, 0.4) is 0 Å². The van der Waals surface area contributed by atoms with Crippen molar-refractivity contribution in [2.24, 2.45) is 0 Å². The minimum absolute atomic E-state index is 0.278. The fourth-order valence-electron chi connectivity index (χ4n) is 2.31. The van der Waals surface area contributed by atoms with Crippen molar-refractivity contribution in [3.63, 3.8) is 0 Å². The zero-order valence-electron chi connectivity index (χ0n) is 16.7. The van der Waals surface area contributed by atoms with E-state index in [1.165, 1.54) is 31.2 Å². The van der Waals surface area contributed by atoms with Crippen LogP contribution < -0.4 is 16.0 Å². The maximum Gasteiger partial charge on any atom is 0.408 e. The Morgan fingerprint density at radius 2 is 1.59 bits per heavy atom. The van der Waals surface area contributed by atoms with E-state index >= 15 is 0 Å². The van der Waals surface area contributed by atoms with Crippen molar-refractivity contribution in [3.05, 3.63) is 59.9 Å². The molecule has 0 saturated carbocycles. The summed E-state index contributed by atoms with van der Waals surface area (Å²) in [5.74, 6) is -1.39. The van der Waals surface area contributed by atoms with Crippen molar-refractivity contribution in [2.45, 2.75) is 39.3 Å². The first-order valence-corrected chi connectivity index (χ1v) is 9.01. The minimum Gasteiger partial charge on any atom is -0.444 e. The minimum atomic E-state index is -0.852. The van der Waals surface area contributed by atoms with E-state index in [4.69, 9.17) is 4.74 Å². The van der Waals surface area contributed by atoms with Gasteiger partial charge in [0.25, 0.3) is 5.91 Å². The van der Waals surface area contributed by atoms with Crippen LogP contribution in [0.2, 0.25) is 0 Å². The number of rotatable bonds is 5. The summed E-state index contributed by atoms with van der Waals surface area (Å²) in [6, 6.07) is 10.9. The smallest absolute Gasteiger partial charge is 0.408 e. The van der Waals surface area contributed by atoms with Gasteiger partial charge >= 0.3 is 6.09 Å². The Hall–Kier alpha value is -3.42. The quantitative estimate of drug-likeness (QED) is 0.707. The van der Waals surface area contributed by atoms with E-state index in [0.29, 0.717) is 11.4 Å². The molecule has 0 spiro atoms. The van der Waals surface area contributed by atoms with Crippen molar-refractivity contribution in [2.75, 3.05) is 10.6 Å². The van der Waals surface area contributed by atoms with Crippen molar-refractivity contribution >= 4 is 29.3 Å². The summed E-state index contributed by atoms with van der Waals surface area (Å²) in [7, 11) is 0. The number of halogens is 1. The molecule has 154 valence electrons. The Balaban J connectivity index is 1.98. The first kappa shape index (κ1) is 21.9. The molecule has 8 heteroatoms. The molecule has 0 aliphatic heterocycles. The number of amides is 3. The highest BCUT2D eigenvalue weighted by atomic mass is 19.1. The van der Waals surface area contributed by atoms with Gasteiger partial charge in [0.05, 0.1) is 0 Å². The molecule has 0 heterocycles. The van der Waals surface area contributed by atoms with E-state index in [0.717, 1.165) is 0 Å².